The zero-order valence-electron chi connectivity index (χ0n) is 20.4. The van der Waals surface area contributed by atoms with Gasteiger partial charge in [-0.15, -0.1) is 0 Å². The topological polar surface area (TPSA) is 124 Å². The molecule has 4 rings (SSSR count). The Kier molecular flexibility index (Phi) is 7.02. The first-order valence-electron chi connectivity index (χ1n) is 11.5. The van der Waals surface area contributed by atoms with Crippen LogP contribution in [0.5, 0.6) is 0 Å². The van der Waals surface area contributed by atoms with Crippen LogP contribution in [0.15, 0.2) is 42.9 Å². The molecule has 0 aliphatic carbocycles. The smallest absolute Gasteiger partial charge is 0.164 e. The minimum Gasteiger partial charge on any atom is -0.393 e. The van der Waals surface area contributed by atoms with E-state index in [1.165, 1.54) is 18.0 Å². The number of nitrogens with zero attached hydrogens (tertiary/aromatic N) is 4. The lowest BCUT2D eigenvalue weighted by molar-refractivity contribution is 0.445. The van der Waals surface area contributed by atoms with Gasteiger partial charge in [0.1, 0.15) is 21.5 Å². The zero-order valence-corrected chi connectivity index (χ0v) is 21.2. The highest BCUT2D eigenvalue weighted by atomic mass is 32.2. The third-order valence-electron chi connectivity index (χ3n) is 6.00. The second kappa shape index (κ2) is 9.99. The number of hydrogen-bond acceptors (Lipinski definition) is 9. The van der Waals surface area contributed by atoms with Gasteiger partial charge in [-0.05, 0) is 35.1 Å². The summed E-state index contributed by atoms with van der Waals surface area (Å²) in [5.41, 5.74) is 2.86. The van der Waals surface area contributed by atoms with E-state index < -0.39 is 9.84 Å². The molecule has 3 aromatic rings. The molecule has 0 spiro atoms. The number of sulfone groups is 1. The van der Waals surface area contributed by atoms with Crippen LogP contribution in [-0.4, -0.2) is 61.7 Å². The summed E-state index contributed by atoms with van der Waals surface area (Å²) in [5.74, 6) is 2.39. The summed E-state index contributed by atoms with van der Waals surface area (Å²) in [6.07, 6.45) is 7.69. The minimum absolute atomic E-state index is 0.161. The molecule has 3 N–H and O–H groups in total. The molecule has 10 heteroatoms. The number of hydrogen-bond donors (Lipinski definition) is 3. The number of rotatable bonds is 9. The highest BCUT2D eigenvalue weighted by Gasteiger charge is 2.31. The average Bonchev–Trinajstić information content (AvgIpc) is 2.78. The molecule has 1 saturated heterocycles. The van der Waals surface area contributed by atoms with Crippen LogP contribution in [0.1, 0.15) is 31.2 Å². The summed E-state index contributed by atoms with van der Waals surface area (Å²) in [6.45, 7) is 5.78. The normalized spacial score (nSPS) is 14.8. The fraction of sp³-hybridized carbons (Fsp3) is 0.360. The van der Waals surface area contributed by atoms with Crippen molar-refractivity contribution in [3.8, 4) is 0 Å². The highest BCUT2D eigenvalue weighted by Crippen LogP contribution is 2.37. The maximum Gasteiger partial charge on any atom is 0.164 e. The Bertz CT molecular complexity index is 1380. The van der Waals surface area contributed by atoms with Gasteiger partial charge in [-0.2, -0.15) is 0 Å². The molecule has 1 aliphatic rings. The van der Waals surface area contributed by atoms with Crippen LogP contribution in [0.25, 0.3) is 16.3 Å². The van der Waals surface area contributed by atoms with E-state index in [0.717, 1.165) is 29.5 Å². The molecule has 3 heterocycles. The fourth-order valence-electron chi connectivity index (χ4n) is 4.42. The van der Waals surface area contributed by atoms with Crippen LogP contribution in [0.4, 0.5) is 17.3 Å². The number of anilines is 3. The molecule has 0 unspecified atom stereocenters. The number of fused-ring (bicyclic) bond motifs is 1. The summed E-state index contributed by atoms with van der Waals surface area (Å²) < 4.78 is 23.3. The first-order valence-corrected chi connectivity index (χ1v) is 13.6. The minimum atomic E-state index is -2.98. The van der Waals surface area contributed by atoms with Crippen molar-refractivity contribution >= 4 is 49.7 Å². The van der Waals surface area contributed by atoms with E-state index in [1.54, 1.807) is 25.5 Å². The van der Waals surface area contributed by atoms with Crippen molar-refractivity contribution in [1.29, 1.82) is 5.41 Å². The van der Waals surface area contributed by atoms with Crippen molar-refractivity contribution in [1.82, 2.24) is 20.3 Å². The molecule has 2 aromatic heterocycles. The van der Waals surface area contributed by atoms with Crippen molar-refractivity contribution < 1.29 is 8.42 Å². The lowest BCUT2D eigenvalue weighted by atomic mass is 9.93. The fourth-order valence-corrected chi connectivity index (χ4v) is 5.49. The van der Waals surface area contributed by atoms with E-state index >= 15 is 0 Å². The monoisotopic (exact) mass is 493 g/mol. The Balaban J connectivity index is 1.64. The van der Waals surface area contributed by atoms with Gasteiger partial charge >= 0.3 is 0 Å². The molecule has 35 heavy (non-hydrogen) atoms. The van der Waals surface area contributed by atoms with E-state index in [4.69, 9.17) is 5.41 Å². The van der Waals surface area contributed by atoms with Gasteiger partial charge in [-0.1, -0.05) is 19.9 Å². The molecular formula is C25H31N7O2S. The third-order valence-corrected chi connectivity index (χ3v) is 7.07. The van der Waals surface area contributed by atoms with Gasteiger partial charge < -0.3 is 20.9 Å². The maximum atomic E-state index is 11.6. The van der Waals surface area contributed by atoms with Crippen LogP contribution in [0, 0.1) is 11.3 Å². The van der Waals surface area contributed by atoms with Crippen molar-refractivity contribution in [2.45, 2.75) is 19.8 Å². The molecule has 0 atom stereocenters. The second-order valence-corrected chi connectivity index (χ2v) is 11.4. The SMILES string of the molecule is CN/C=C(\C=N)c1nccc(Nc2cc3c(C(C)C)ccc(N4CC(CS(C)(=O)=O)C4)c3cn2)n1. The van der Waals surface area contributed by atoms with Crippen molar-refractivity contribution in [2.75, 3.05) is 42.4 Å². The molecule has 0 bridgehead atoms. The number of pyridine rings is 1. The van der Waals surface area contributed by atoms with E-state index in [2.05, 4.69) is 56.5 Å². The molecule has 1 aromatic carbocycles. The van der Waals surface area contributed by atoms with Gasteiger partial charge in [0.05, 0.1) is 11.3 Å². The van der Waals surface area contributed by atoms with Gasteiger partial charge in [0.15, 0.2) is 5.82 Å². The van der Waals surface area contributed by atoms with Gasteiger partial charge in [0, 0.05) is 68.2 Å². The quantitative estimate of drug-likeness (QED) is 0.387. The molecule has 0 saturated carbocycles. The highest BCUT2D eigenvalue weighted by molar-refractivity contribution is 7.90. The van der Waals surface area contributed by atoms with Crippen LogP contribution in [0.3, 0.4) is 0 Å². The zero-order chi connectivity index (χ0) is 25.2. The summed E-state index contributed by atoms with van der Waals surface area (Å²) in [7, 11) is -1.22. The van der Waals surface area contributed by atoms with Crippen molar-refractivity contribution in [3.05, 3.63) is 54.2 Å². The molecule has 9 nitrogen and oxygen atoms in total. The van der Waals surface area contributed by atoms with E-state index in [0.29, 0.717) is 29.0 Å². The van der Waals surface area contributed by atoms with Crippen molar-refractivity contribution in [2.24, 2.45) is 5.92 Å². The second-order valence-electron chi connectivity index (χ2n) is 9.23. The van der Waals surface area contributed by atoms with Gasteiger partial charge in [-0.25, -0.2) is 23.4 Å². The molecule has 1 fully saturated rings. The van der Waals surface area contributed by atoms with Crippen LogP contribution in [0.2, 0.25) is 0 Å². The van der Waals surface area contributed by atoms with Gasteiger partial charge in [-0.3, -0.25) is 0 Å². The third kappa shape index (κ3) is 5.59. The van der Waals surface area contributed by atoms with E-state index in [9.17, 15) is 8.42 Å². The lowest BCUT2D eigenvalue weighted by Crippen LogP contribution is -2.49. The average molecular weight is 494 g/mol. The standard InChI is InChI=1S/C25H31N7O2S/c1-16(2)19-5-6-22(32-13-17(14-32)15-35(4,33)34)21-12-29-24(9-20(19)21)30-23-7-8-28-25(31-23)18(10-26)11-27-3/h5-12,16-17,26-27H,13-15H2,1-4H3,(H,28,29,30,31)/b18-11+,26-10?. The number of nitrogens with one attached hydrogen (secondary N) is 3. The van der Waals surface area contributed by atoms with E-state index in [-0.39, 0.29) is 11.7 Å². The molecule has 0 radical (unpaired) electrons. The van der Waals surface area contributed by atoms with Crippen LogP contribution in [-0.2, 0) is 9.84 Å². The number of aromatic nitrogens is 3. The Morgan fingerprint density at radius 1 is 1.20 bits per heavy atom. The van der Waals surface area contributed by atoms with E-state index in [1.807, 2.05) is 12.3 Å². The largest absolute Gasteiger partial charge is 0.393 e. The molecule has 0 amide bonds. The summed E-state index contributed by atoms with van der Waals surface area (Å²) in [4.78, 5) is 15.7. The summed E-state index contributed by atoms with van der Waals surface area (Å²) >= 11 is 0. The van der Waals surface area contributed by atoms with Gasteiger partial charge in [0.25, 0.3) is 0 Å². The van der Waals surface area contributed by atoms with Crippen LogP contribution < -0.4 is 15.5 Å². The lowest BCUT2D eigenvalue weighted by Gasteiger charge is -2.41. The summed E-state index contributed by atoms with van der Waals surface area (Å²) in [5, 5.41) is 15.9. The molecule has 1 aliphatic heterocycles. The summed E-state index contributed by atoms with van der Waals surface area (Å²) in [6, 6.07) is 8.06. The first-order chi connectivity index (χ1) is 16.7. The Morgan fingerprint density at radius 3 is 2.63 bits per heavy atom. The number of allylic oxidation sites excluding steroid dienone is 1. The molecule has 184 valence electrons. The molecular weight excluding hydrogens is 462 g/mol. The Hall–Kier alpha value is -3.53. The van der Waals surface area contributed by atoms with Crippen LogP contribution >= 0.6 is 0 Å². The van der Waals surface area contributed by atoms with Crippen molar-refractivity contribution in [3.63, 3.8) is 0 Å². The Morgan fingerprint density at radius 2 is 1.97 bits per heavy atom. The number of benzene rings is 1. The maximum absolute atomic E-state index is 11.6. The Labute approximate surface area is 206 Å². The predicted molar refractivity (Wildman–Crippen MR) is 142 cm³/mol. The first kappa shape index (κ1) is 24.6. The predicted octanol–water partition coefficient (Wildman–Crippen LogP) is 3.58. The van der Waals surface area contributed by atoms with Gasteiger partial charge in [0.2, 0.25) is 0 Å².